The van der Waals surface area contributed by atoms with Crippen LogP contribution in [0.1, 0.15) is 13.3 Å². The van der Waals surface area contributed by atoms with E-state index in [1.807, 2.05) is 0 Å². The number of ether oxygens (including phenoxy) is 1. The van der Waals surface area contributed by atoms with E-state index < -0.39 is 0 Å². The van der Waals surface area contributed by atoms with Crippen LogP contribution in [0.15, 0.2) is 0 Å². The van der Waals surface area contributed by atoms with Gasteiger partial charge in [0.05, 0.1) is 0 Å². The predicted octanol–water partition coefficient (Wildman–Crippen LogP) is 1.04. The van der Waals surface area contributed by atoms with Crippen LogP contribution >= 0.6 is 0 Å². The molecule has 0 aromatic carbocycles. The van der Waals surface area contributed by atoms with Crippen LogP contribution in [0.4, 0.5) is 0 Å². The molecule has 0 atom stereocenters. The summed E-state index contributed by atoms with van der Waals surface area (Å²) in [6.45, 7) is 5.99. The Morgan fingerprint density at radius 2 is 2.18 bits per heavy atom. The fraction of sp³-hybridized carbons (Fsp3) is 0.750. The number of hydrogen-bond acceptors (Lipinski definition) is 2. The van der Waals surface area contributed by atoms with Gasteiger partial charge in [-0.3, -0.25) is 5.92 Å². The van der Waals surface area contributed by atoms with E-state index in [9.17, 15) is 0 Å². The molecule has 1 aliphatic rings. The van der Waals surface area contributed by atoms with Crippen molar-refractivity contribution in [2.45, 2.75) is 13.3 Å². The molecule has 1 aliphatic heterocycles. The Hall–Kier alpha value is -1.08. The minimum atomic E-state index is 0. The Bertz CT molecular complexity index is 72.5. The molecule has 1 radical (unpaired) electrons. The van der Waals surface area contributed by atoms with Crippen molar-refractivity contribution in [3.63, 3.8) is 0 Å². The summed E-state index contributed by atoms with van der Waals surface area (Å²) in [6, 6.07) is 0. The fourth-order valence-corrected chi connectivity index (χ4v) is 0.898. The van der Waals surface area contributed by atoms with Crippen LogP contribution in [-0.2, 0) is 4.74 Å². The molecule has 0 aliphatic carbocycles. The van der Waals surface area contributed by atoms with E-state index in [1.54, 1.807) is 0 Å². The SMILES string of the molecule is C[C-]1CNCCCOC1.[CH3-].[Lr]. The van der Waals surface area contributed by atoms with E-state index in [1.165, 1.54) is 5.92 Å². The van der Waals surface area contributed by atoms with Gasteiger partial charge in [-0.15, -0.1) is 6.54 Å². The molecule has 11 heavy (non-hydrogen) atoms. The third-order valence-electron chi connectivity index (χ3n) is 1.42. The van der Waals surface area contributed by atoms with Crippen molar-refractivity contribution in [2.75, 3.05) is 26.3 Å². The second-order valence-electron chi connectivity index (χ2n) is 2.54. The summed E-state index contributed by atoms with van der Waals surface area (Å²) in [4.78, 5) is 0. The maximum Gasteiger partial charge on any atom is 0.0442 e. The molecular formula is C8H17LrNO-2. The second kappa shape index (κ2) is 7.03. The zero-order valence-corrected chi connectivity index (χ0v) is 9.35. The Morgan fingerprint density at radius 3 is 2.91 bits per heavy atom. The molecule has 1 heterocycles. The van der Waals surface area contributed by atoms with Crippen molar-refractivity contribution < 1.29 is 4.74 Å². The molecule has 3 heteroatoms. The molecule has 0 aromatic heterocycles. The first-order valence-electron chi connectivity index (χ1n) is 3.49. The molecule has 1 saturated heterocycles. The summed E-state index contributed by atoms with van der Waals surface area (Å²) >= 11 is 0. The fourth-order valence-electron chi connectivity index (χ4n) is 0.898. The van der Waals surface area contributed by atoms with E-state index in [-0.39, 0.29) is 7.43 Å². The van der Waals surface area contributed by atoms with Gasteiger partial charge >= 0.3 is 0 Å². The summed E-state index contributed by atoms with van der Waals surface area (Å²) in [5, 5.41) is 3.32. The largest absolute Gasteiger partial charge is 0.413 e. The molecule has 0 amide bonds. The molecule has 0 unspecified atom stereocenters. The molecule has 1 fully saturated rings. The monoisotopic (exact) mass is 405 g/mol. The van der Waals surface area contributed by atoms with Gasteiger partial charge in [0.15, 0.2) is 0 Å². The molecule has 0 saturated carbocycles. The number of nitrogens with one attached hydrogen (secondary N) is 1. The molecule has 0 bridgehead atoms. The van der Waals surface area contributed by atoms with E-state index in [0.717, 1.165) is 32.7 Å². The van der Waals surface area contributed by atoms with Crippen molar-refractivity contribution in [2.24, 2.45) is 0 Å². The number of rotatable bonds is 0. The normalized spacial score (nSPS) is 20.5. The van der Waals surface area contributed by atoms with Crippen LogP contribution in [0, 0.1) is 13.3 Å². The van der Waals surface area contributed by atoms with E-state index in [4.69, 9.17) is 4.74 Å². The van der Waals surface area contributed by atoms with E-state index >= 15 is 0 Å². The minimum Gasteiger partial charge on any atom is -0.413 e. The predicted molar refractivity (Wildman–Crippen MR) is 43.6 cm³/mol. The van der Waals surface area contributed by atoms with Gasteiger partial charge < -0.3 is 17.5 Å². The maximum absolute atomic E-state index is 5.31. The first-order valence-corrected chi connectivity index (χ1v) is 3.49. The summed E-state index contributed by atoms with van der Waals surface area (Å²) in [6.07, 6.45) is 1.15. The number of hydrogen-bond donors (Lipinski definition) is 1. The summed E-state index contributed by atoms with van der Waals surface area (Å²) in [5.41, 5.74) is 0. The molecule has 0 aromatic rings. The van der Waals surface area contributed by atoms with Gasteiger partial charge in [-0.2, -0.15) is 6.92 Å². The van der Waals surface area contributed by atoms with Gasteiger partial charge in [0.1, 0.15) is 0 Å². The van der Waals surface area contributed by atoms with Crippen LogP contribution in [-0.4, -0.2) is 26.3 Å². The van der Waals surface area contributed by atoms with E-state index in [2.05, 4.69) is 12.2 Å². The van der Waals surface area contributed by atoms with Crippen molar-refractivity contribution in [3.05, 3.63) is 13.3 Å². The molecule has 0 spiro atoms. The summed E-state index contributed by atoms with van der Waals surface area (Å²) in [5.74, 6) is 1.40. The third-order valence-corrected chi connectivity index (χ3v) is 1.42. The smallest absolute Gasteiger partial charge is 0.0442 e. The van der Waals surface area contributed by atoms with Gasteiger partial charge in [0.25, 0.3) is 0 Å². The van der Waals surface area contributed by atoms with Gasteiger partial charge in [-0.25, -0.2) is 0 Å². The minimum absolute atomic E-state index is 0. The van der Waals surface area contributed by atoms with Crippen LogP contribution < -0.4 is 5.32 Å². The topological polar surface area (TPSA) is 21.3 Å². The molecule has 77 valence electrons. The Kier molecular flexibility index (Phi) is 8.04. The second-order valence-corrected chi connectivity index (χ2v) is 2.54. The Balaban J connectivity index is 0. The van der Waals surface area contributed by atoms with Gasteiger partial charge in [-0.1, -0.05) is 6.61 Å². The molecular weight excluding hydrogens is 388 g/mol. The van der Waals surface area contributed by atoms with Crippen LogP contribution in [0.3, 0.4) is 0 Å². The summed E-state index contributed by atoms with van der Waals surface area (Å²) in [7, 11) is 0. The van der Waals surface area contributed by atoms with Gasteiger partial charge in [0, 0.05) is 6.61 Å². The van der Waals surface area contributed by atoms with Crippen molar-refractivity contribution >= 4 is 0 Å². The average molecular weight is 405 g/mol. The first kappa shape index (κ1) is 12.6. The van der Waals surface area contributed by atoms with Crippen LogP contribution in [0.25, 0.3) is 0 Å². The molecule has 2 nitrogen and oxygen atoms in total. The Labute approximate surface area is 64.0 Å². The third kappa shape index (κ3) is 5.37. The molecule has 1 N–H and O–H groups in total. The Morgan fingerprint density at radius 1 is 1.45 bits per heavy atom. The maximum atomic E-state index is 5.31. The zero-order valence-electron chi connectivity index (χ0n) is 7.20. The standard InChI is InChI=1S/C7H14NO.CH3.Lr/c1-7-5-8-3-2-4-9-6-7;;/h8H,2-6H2,1H3;1H3;/q2*-1;. The first-order chi connectivity index (χ1) is 4.39. The average Bonchev–Trinajstić information content (AvgIpc) is 1.79. The van der Waals surface area contributed by atoms with E-state index in [0.29, 0.717) is 0 Å². The van der Waals surface area contributed by atoms with Gasteiger partial charge in [0.2, 0.25) is 0 Å². The molecule has 1 rings (SSSR count). The van der Waals surface area contributed by atoms with Crippen LogP contribution in [0.2, 0.25) is 0 Å². The van der Waals surface area contributed by atoms with Crippen molar-refractivity contribution in [1.29, 1.82) is 0 Å². The zero-order chi connectivity index (χ0) is 6.53. The quantitative estimate of drug-likeness (QED) is 0.609. The van der Waals surface area contributed by atoms with Crippen molar-refractivity contribution in [3.8, 4) is 0 Å². The van der Waals surface area contributed by atoms with Gasteiger partial charge in [-0.05, 0) is 13.0 Å². The van der Waals surface area contributed by atoms with Crippen LogP contribution in [0.5, 0.6) is 0 Å². The van der Waals surface area contributed by atoms with Crippen molar-refractivity contribution in [1.82, 2.24) is 5.32 Å². The summed E-state index contributed by atoms with van der Waals surface area (Å²) < 4.78 is 5.31.